The molecule has 0 aliphatic rings. The number of aromatic nitrogens is 5. The number of para-hydroxylation sites is 1. The molecule has 2 aromatic heterocycles. The number of fused-ring (bicyclic) bond motifs is 1. The SMILES string of the molecule is CCN(Cc1nc2ccccc2c(=O)[nH]1)C(=O)c1cn(Cc2ccccc2)nn1. The van der Waals surface area contributed by atoms with Crippen molar-refractivity contribution in [2.75, 3.05) is 6.54 Å². The average Bonchev–Trinajstić information content (AvgIpc) is 3.21. The molecular weight excluding hydrogens is 368 g/mol. The maximum Gasteiger partial charge on any atom is 0.276 e. The van der Waals surface area contributed by atoms with Gasteiger partial charge >= 0.3 is 0 Å². The molecular formula is C21H20N6O2. The van der Waals surface area contributed by atoms with Crippen LogP contribution in [0.5, 0.6) is 0 Å². The minimum Gasteiger partial charge on any atom is -0.330 e. The van der Waals surface area contributed by atoms with E-state index in [4.69, 9.17) is 0 Å². The van der Waals surface area contributed by atoms with Gasteiger partial charge in [-0.05, 0) is 24.6 Å². The summed E-state index contributed by atoms with van der Waals surface area (Å²) in [5.74, 6) is 0.170. The number of hydrogen-bond donors (Lipinski definition) is 1. The van der Waals surface area contributed by atoms with Crippen molar-refractivity contribution < 1.29 is 4.79 Å². The van der Waals surface area contributed by atoms with Gasteiger partial charge < -0.3 is 9.88 Å². The number of amides is 1. The highest BCUT2D eigenvalue weighted by Gasteiger charge is 2.19. The Bertz CT molecular complexity index is 1200. The van der Waals surface area contributed by atoms with Crippen LogP contribution in [0.15, 0.2) is 65.6 Å². The zero-order chi connectivity index (χ0) is 20.2. The van der Waals surface area contributed by atoms with Crippen LogP contribution in [0.4, 0.5) is 0 Å². The molecule has 2 heterocycles. The Kier molecular flexibility index (Phi) is 5.15. The number of rotatable bonds is 6. The van der Waals surface area contributed by atoms with Crippen molar-refractivity contribution in [3.63, 3.8) is 0 Å². The van der Waals surface area contributed by atoms with E-state index in [0.29, 0.717) is 29.8 Å². The molecule has 4 aromatic rings. The van der Waals surface area contributed by atoms with E-state index in [-0.39, 0.29) is 23.7 Å². The van der Waals surface area contributed by atoms with E-state index in [0.717, 1.165) is 5.56 Å². The molecule has 146 valence electrons. The van der Waals surface area contributed by atoms with Gasteiger partial charge in [0, 0.05) is 6.54 Å². The van der Waals surface area contributed by atoms with Gasteiger partial charge in [0.15, 0.2) is 5.69 Å². The number of H-pyrrole nitrogens is 1. The lowest BCUT2D eigenvalue weighted by Crippen LogP contribution is -2.32. The lowest BCUT2D eigenvalue weighted by molar-refractivity contribution is 0.0742. The first kappa shape index (κ1) is 18.5. The first-order valence-corrected chi connectivity index (χ1v) is 9.35. The fourth-order valence-electron chi connectivity index (χ4n) is 3.12. The summed E-state index contributed by atoms with van der Waals surface area (Å²) >= 11 is 0. The summed E-state index contributed by atoms with van der Waals surface area (Å²) in [5, 5.41) is 8.60. The van der Waals surface area contributed by atoms with Gasteiger partial charge in [0.25, 0.3) is 11.5 Å². The second kappa shape index (κ2) is 8.05. The van der Waals surface area contributed by atoms with Crippen molar-refractivity contribution in [1.82, 2.24) is 29.9 Å². The largest absolute Gasteiger partial charge is 0.330 e. The third-order valence-electron chi connectivity index (χ3n) is 4.62. The second-order valence-electron chi connectivity index (χ2n) is 6.64. The van der Waals surface area contributed by atoms with Crippen LogP contribution in [-0.2, 0) is 13.1 Å². The van der Waals surface area contributed by atoms with Crippen LogP contribution in [0, 0.1) is 0 Å². The maximum atomic E-state index is 12.9. The molecule has 0 saturated heterocycles. The molecule has 0 aliphatic carbocycles. The van der Waals surface area contributed by atoms with E-state index in [9.17, 15) is 9.59 Å². The van der Waals surface area contributed by atoms with Crippen molar-refractivity contribution >= 4 is 16.8 Å². The molecule has 0 unspecified atom stereocenters. The highest BCUT2D eigenvalue weighted by molar-refractivity contribution is 5.91. The summed E-state index contributed by atoms with van der Waals surface area (Å²) < 4.78 is 1.63. The molecule has 0 fully saturated rings. The first-order valence-electron chi connectivity index (χ1n) is 9.35. The van der Waals surface area contributed by atoms with E-state index in [1.165, 1.54) is 0 Å². The van der Waals surface area contributed by atoms with Gasteiger partial charge in [-0.25, -0.2) is 9.67 Å². The van der Waals surface area contributed by atoms with Crippen molar-refractivity contribution in [2.45, 2.75) is 20.0 Å². The fraction of sp³-hybridized carbons (Fsp3) is 0.190. The lowest BCUT2D eigenvalue weighted by Gasteiger charge is -2.19. The Hall–Kier alpha value is -3.81. The van der Waals surface area contributed by atoms with Gasteiger partial charge in [0.1, 0.15) is 5.82 Å². The number of carbonyl (C=O) groups excluding carboxylic acids is 1. The summed E-state index contributed by atoms with van der Waals surface area (Å²) in [5.41, 5.74) is 1.71. The Morgan fingerprint density at radius 1 is 1.10 bits per heavy atom. The van der Waals surface area contributed by atoms with Gasteiger partial charge in [-0.3, -0.25) is 9.59 Å². The van der Waals surface area contributed by atoms with Crippen molar-refractivity contribution in [3.8, 4) is 0 Å². The molecule has 0 spiro atoms. The van der Waals surface area contributed by atoms with Crippen LogP contribution in [0.1, 0.15) is 28.8 Å². The van der Waals surface area contributed by atoms with Crippen LogP contribution < -0.4 is 5.56 Å². The Morgan fingerprint density at radius 2 is 1.86 bits per heavy atom. The van der Waals surface area contributed by atoms with Crippen molar-refractivity contribution in [3.05, 3.63) is 88.2 Å². The van der Waals surface area contributed by atoms with E-state index >= 15 is 0 Å². The number of aromatic amines is 1. The number of nitrogens with one attached hydrogen (secondary N) is 1. The molecule has 4 rings (SSSR count). The molecule has 8 heteroatoms. The average molecular weight is 388 g/mol. The molecule has 0 aliphatic heterocycles. The highest BCUT2D eigenvalue weighted by Crippen LogP contribution is 2.10. The third-order valence-corrected chi connectivity index (χ3v) is 4.62. The molecule has 0 saturated carbocycles. The predicted molar refractivity (Wildman–Crippen MR) is 108 cm³/mol. The summed E-state index contributed by atoms with van der Waals surface area (Å²) in [7, 11) is 0. The Balaban J connectivity index is 1.52. The zero-order valence-corrected chi connectivity index (χ0v) is 15.9. The van der Waals surface area contributed by atoms with Gasteiger partial charge in [0.2, 0.25) is 0 Å². The summed E-state index contributed by atoms with van der Waals surface area (Å²) in [4.78, 5) is 33.9. The topological polar surface area (TPSA) is 96.8 Å². The molecule has 0 bridgehead atoms. The van der Waals surface area contributed by atoms with Gasteiger partial charge in [-0.1, -0.05) is 47.7 Å². The van der Waals surface area contributed by atoms with Crippen LogP contribution in [0.25, 0.3) is 10.9 Å². The van der Waals surface area contributed by atoms with Crippen LogP contribution in [-0.4, -0.2) is 42.3 Å². The number of carbonyl (C=O) groups is 1. The Morgan fingerprint density at radius 3 is 2.66 bits per heavy atom. The van der Waals surface area contributed by atoms with E-state index < -0.39 is 0 Å². The fourth-order valence-corrected chi connectivity index (χ4v) is 3.12. The number of benzene rings is 2. The quantitative estimate of drug-likeness (QED) is 0.546. The number of nitrogens with zero attached hydrogens (tertiary/aromatic N) is 5. The second-order valence-corrected chi connectivity index (χ2v) is 6.64. The molecule has 2 aromatic carbocycles. The summed E-state index contributed by atoms with van der Waals surface area (Å²) in [6.07, 6.45) is 1.63. The Labute approximate surface area is 166 Å². The third kappa shape index (κ3) is 4.06. The van der Waals surface area contributed by atoms with E-state index in [1.54, 1.807) is 34.0 Å². The molecule has 29 heavy (non-hydrogen) atoms. The zero-order valence-electron chi connectivity index (χ0n) is 15.9. The minimum atomic E-state index is -0.261. The molecule has 1 N–H and O–H groups in total. The van der Waals surface area contributed by atoms with Crippen LogP contribution in [0.3, 0.4) is 0 Å². The molecule has 8 nitrogen and oxygen atoms in total. The molecule has 1 amide bonds. The van der Waals surface area contributed by atoms with Gasteiger partial charge in [-0.2, -0.15) is 0 Å². The molecule has 0 radical (unpaired) electrons. The van der Waals surface area contributed by atoms with Gasteiger partial charge in [0.05, 0.1) is 30.2 Å². The number of hydrogen-bond acceptors (Lipinski definition) is 5. The monoisotopic (exact) mass is 388 g/mol. The van der Waals surface area contributed by atoms with E-state index in [2.05, 4.69) is 20.3 Å². The van der Waals surface area contributed by atoms with Crippen molar-refractivity contribution in [1.29, 1.82) is 0 Å². The maximum absolute atomic E-state index is 12.9. The smallest absolute Gasteiger partial charge is 0.276 e. The molecule has 0 atom stereocenters. The highest BCUT2D eigenvalue weighted by atomic mass is 16.2. The van der Waals surface area contributed by atoms with Crippen LogP contribution >= 0.6 is 0 Å². The normalized spacial score (nSPS) is 10.9. The van der Waals surface area contributed by atoms with Crippen molar-refractivity contribution in [2.24, 2.45) is 0 Å². The predicted octanol–water partition coefficient (Wildman–Crippen LogP) is 2.23. The van der Waals surface area contributed by atoms with E-state index in [1.807, 2.05) is 43.3 Å². The minimum absolute atomic E-state index is 0.182. The first-order chi connectivity index (χ1) is 14.1. The standard InChI is InChI=1S/C21H20N6O2/c1-2-26(14-19-22-17-11-7-6-10-16(17)20(28)23-19)21(29)18-13-27(25-24-18)12-15-8-4-3-5-9-15/h3-11,13H,2,12,14H2,1H3,(H,22,23,28). The summed E-state index contributed by atoms with van der Waals surface area (Å²) in [6.45, 7) is 3.03. The summed E-state index contributed by atoms with van der Waals surface area (Å²) in [6, 6.07) is 16.9. The van der Waals surface area contributed by atoms with Crippen LogP contribution in [0.2, 0.25) is 0 Å². The van der Waals surface area contributed by atoms with Gasteiger partial charge in [-0.15, -0.1) is 5.10 Å². The lowest BCUT2D eigenvalue weighted by atomic mass is 10.2.